The summed E-state index contributed by atoms with van der Waals surface area (Å²) < 4.78 is 0. The monoisotopic (exact) mass is 392 g/mol. The lowest BCUT2D eigenvalue weighted by Gasteiger charge is -2.39. The SMILES string of the molecule is O=C([C@H]1CCCN(C[C@@H]2C[C@H]3C=C[C@H]2C3)C1)N1CCC(Cc2ccccc2)CC1. The predicted molar refractivity (Wildman–Crippen MR) is 117 cm³/mol. The van der Waals surface area contributed by atoms with Crippen molar-refractivity contribution in [3.8, 4) is 0 Å². The van der Waals surface area contributed by atoms with Gasteiger partial charge in [-0.05, 0) is 80.7 Å². The third-order valence-electron chi connectivity index (χ3n) is 8.06. The highest BCUT2D eigenvalue weighted by molar-refractivity contribution is 5.79. The lowest BCUT2D eigenvalue weighted by atomic mass is 9.88. The van der Waals surface area contributed by atoms with Gasteiger partial charge in [-0.3, -0.25) is 4.79 Å². The summed E-state index contributed by atoms with van der Waals surface area (Å²) in [5.74, 6) is 3.93. The van der Waals surface area contributed by atoms with Crippen molar-refractivity contribution in [3.05, 3.63) is 48.0 Å². The fourth-order valence-corrected chi connectivity index (χ4v) is 6.42. The second kappa shape index (κ2) is 8.63. The van der Waals surface area contributed by atoms with Crippen LogP contribution in [0.2, 0.25) is 0 Å². The van der Waals surface area contributed by atoms with Gasteiger partial charge in [0.25, 0.3) is 0 Å². The summed E-state index contributed by atoms with van der Waals surface area (Å²) >= 11 is 0. The smallest absolute Gasteiger partial charge is 0.226 e. The number of benzene rings is 1. The second-order valence-corrected chi connectivity index (χ2v) is 10.1. The van der Waals surface area contributed by atoms with E-state index in [9.17, 15) is 4.79 Å². The highest BCUT2D eigenvalue weighted by Crippen LogP contribution is 2.44. The van der Waals surface area contributed by atoms with E-state index >= 15 is 0 Å². The molecule has 2 aliphatic carbocycles. The molecule has 3 nitrogen and oxygen atoms in total. The van der Waals surface area contributed by atoms with Gasteiger partial charge in [0.05, 0.1) is 5.92 Å². The third kappa shape index (κ3) is 4.45. The lowest BCUT2D eigenvalue weighted by molar-refractivity contribution is -0.138. The van der Waals surface area contributed by atoms with Gasteiger partial charge in [0.1, 0.15) is 0 Å². The van der Waals surface area contributed by atoms with Crippen molar-refractivity contribution in [1.29, 1.82) is 0 Å². The molecule has 1 saturated carbocycles. The van der Waals surface area contributed by atoms with E-state index in [0.29, 0.717) is 5.91 Å². The molecule has 2 aliphatic heterocycles. The average Bonchev–Trinajstić information content (AvgIpc) is 3.38. The minimum atomic E-state index is 0.239. The summed E-state index contributed by atoms with van der Waals surface area (Å²) in [4.78, 5) is 18.0. The Hall–Kier alpha value is -1.61. The molecule has 156 valence electrons. The first-order chi connectivity index (χ1) is 14.2. The van der Waals surface area contributed by atoms with Crippen LogP contribution in [0.15, 0.2) is 42.5 Å². The van der Waals surface area contributed by atoms with Crippen molar-refractivity contribution in [1.82, 2.24) is 9.80 Å². The Kier molecular flexibility index (Phi) is 5.76. The number of hydrogen-bond acceptors (Lipinski definition) is 2. The van der Waals surface area contributed by atoms with Crippen molar-refractivity contribution in [3.63, 3.8) is 0 Å². The highest BCUT2D eigenvalue weighted by atomic mass is 16.2. The van der Waals surface area contributed by atoms with Gasteiger partial charge >= 0.3 is 0 Å². The standard InChI is InChI=1S/C26H36N2O/c29-26(28-13-10-21(11-14-28)15-20-5-2-1-3-6-20)24-7-4-12-27(18-24)19-25-17-22-8-9-23(25)16-22/h1-3,5-6,8-9,21-25H,4,7,10-19H2/t22-,23-,24-,25-/m0/s1. The van der Waals surface area contributed by atoms with Crippen LogP contribution in [0.4, 0.5) is 0 Å². The van der Waals surface area contributed by atoms with Crippen LogP contribution in [0.25, 0.3) is 0 Å². The van der Waals surface area contributed by atoms with Gasteiger partial charge in [-0.15, -0.1) is 0 Å². The van der Waals surface area contributed by atoms with E-state index in [2.05, 4.69) is 52.3 Å². The van der Waals surface area contributed by atoms with Crippen molar-refractivity contribution in [2.24, 2.45) is 29.6 Å². The van der Waals surface area contributed by atoms with Crippen LogP contribution in [-0.4, -0.2) is 48.4 Å². The Morgan fingerprint density at radius 2 is 1.79 bits per heavy atom. The third-order valence-corrected chi connectivity index (χ3v) is 8.06. The van der Waals surface area contributed by atoms with Crippen molar-refractivity contribution in [2.45, 2.75) is 44.9 Å². The summed E-state index contributed by atoms with van der Waals surface area (Å²) in [5.41, 5.74) is 1.44. The highest BCUT2D eigenvalue weighted by Gasteiger charge is 2.38. The molecule has 3 fully saturated rings. The number of piperidine rings is 2. The van der Waals surface area contributed by atoms with E-state index in [1.54, 1.807) is 0 Å². The molecule has 2 bridgehead atoms. The van der Waals surface area contributed by atoms with Crippen LogP contribution >= 0.6 is 0 Å². The summed E-state index contributed by atoms with van der Waals surface area (Å²) in [5, 5.41) is 0. The van der Waals surface area contributed by atoms with Crippen molar-refractivity contribution >= 4 is 5.91 Å². The number of hydrogen-bond donors (Lipinski definition) is 0. The van der Waals surface area contributed by atoms with Gasteiger partial charge in [0.15, 0.2) is 0 Å². The number of rotatable bonds is 5. The Bertz CT molecular complexity index is 721. The molecule has 0 aromatic heterocycles. The summed E-state index contributed by atoms with van der Waals surface area (Å²) in [6.07, 6.45) is 13.4. The fraction of sp³-hybridized carbons (Fsp3) is 0.654. The van der Waals surface area contributed by atoms with Gasteiger partial charge < -0.3 is 9.80 Å². The van der Waals surface area contributed by atoms with Crippen LogP contribution in [-0.2, 0) is 11.2 Å². The maximum Gasteiger partial charge on any atom is 0.226 e. The number of nitrogens with zero attached hydrogens (tertiary/aromatic N) is 2. The van der Waals surface area contributed by atoms with Gasteiger partial charge in [-0.25, -0.2) is 0 Å². The van der Waals surface area contributed by atoms with E-state index in [1.165, 1.54) is 37.9 Å². The molecule has 4 atom stereocenters. The average molecular weight is 393 g/mol. The Morgan fingerprint density at radius 3 is 2.52 bits per heavy atom. The van der Waals surface area contributed by atoms with E-state index in [1.807, 2.05) is 0 Å². The zero-order chi connectivity index (χ0) is 19.6. The van der Waals surface area contributed by atoms with Gasteiger partial charge in [-0.2, -0.15) is 0 Å². The quantitative estimate of drug-likeness (QED) is 0.694. The molecular formula is C26H36N2O. The minimum Gasteiger partial charge on any atom is -0.342 e. The zero-order valence-corrected chi connectivity index (χ0v) is 17.7. The zero-order valence-electron chi connectivity index (χ0n) is 17.7. The molecule has 2 heterocycles. The second-order valence-electron chi connectivity index (χ2n) is 10.1. The van der Waals surface area contributed by atoms with Gasteiger partial charge in [0, 0.05) is 26.2 Å². The van der Waals surface area contributed by atoms with Crippen LogP contribution < -0.4 is 0 Å². The largest absolute Gasteiger partial charge is 0.342 e. The first-order valence-corrected chi connectivity index (χ1v) is 12.0. The number of carbonyl (C=O) groups is 1. The first kappa shape index (κ1) is 19.4. The van der Waals surface area contributed by atoms with E-state index in [4.69, 9.17) is 0 Å². The van der Waals surface area contributed by atoms with Crippen LogP contribution in [0.5, 0.6) is 0 Å². The van der Waals surface area contributed by atoms with Crippen molar-refractivity contribution in [2.75, 3.05) is 32.7 Å². The Balaban J connectivity index is 1.09. The molecule has 3 heteroatoms. The molecule has 0 N–H and O–H groups in total. The molecule has 0 spiro atoms. The van der Waals surface area contributed by atoms with Gasteiger partial charge in [-0.1, -0.05) is 42.5 Å². The Morgan fingerprint density at radius 1 is 0.966 bits per heavy atom. The molecule has 1 aromatic rings. The molecule has 2 saturated heterocycles. The maximum absolute atomic E-state index is 13.2. The number of carbonyl (C=O) groups excluding carboxylic acids is 1. The van der Waals surface area contributed by atoms with Gasteiger partial charge in [0.2, 0.25) is 5.91 Å². The number of allylic oxidation sites excluding steroid dienone is 2. The molecule has 0 radical (unpaired) electrons. The number of fused-ring (bicyclic) bond motifs is 2. The molecule has 5 rings (SSSR count). The summed E-state index contributed by atoms with van der Waals surface area (Å²) in [6.45, 7) is 5.34. The molecule has 1 aromatic carbocycles. The predicted octanol–water partition coefficient (Wildman–Crippen LogP) is 4.39. The Labute approximate surface area is 176 Å². The molecule has 29 heavy (non-hydrogen) atoms. The summed E-state index contributed by atoms with van der Waals surface area (Å²) in [7, 11) is 0. The molecule has 1 amide bonds. The van der Waals surface area contributed by atoms with Crippen LogP contribution in [0, 0.1) is 29.6 Å². The topological polar surface area (TPSA) is 23.6 Å². The first-order valence-electron chi connectivity index (χ1n) is 12.0. The lowest BCUT2D eigenvalue weighted by Crippen LogP contribution is -2.48. The molecule has 4 aliphatic rings. The van der Waals surface area contributed by atoms with E-state index < -0.39 is 0 Å². The van der Waals surface area contributed by atoms with Crippen LogP contribution in [0.1, 0.15) is 44.1 Å². The molecule has 0 unspecified atom stereocenters. The van der Waals surface area contributed by atoms with E-state index in [-0.39, 0.29) is 5.92 Å². The maximum atomic E-state index is 13.2. The summed E-state index contributed by atoms with van der Waals surface area (Å²) in [6, 6.07) is 10.8. The van der Waals surface area contributed by atoms with E-state index in [0.717, 1.165) is 69.0 Å². The normalized spacial score (nSPS) is 32.8. The number of likely N-dealkylation sites (tertiary alicyclic amines) is 2. The number of amides is 1. The minimum absolute atomic E-state index is 0.239. The van der Waals surface area contributed by atoms with Crippen LogP contribution in [0.3, 0.4) is 0 Å². The molecular weight excluding hydrogens is 356 g/mol. The van der Waals surface area contributed by atoms with Crippen molar-refractivity contribution < 1.29 is 4.79 Å². The fourth-order valence-electron chi connectivity index (χ4n) is 6.42.